The second-order valence-electron chi connectivity index (χ2n) is 2.91. The number of hydrogen-bond donors (Lipinski definition) is 1. The molecule has 0 bridgehead atoms. The number of aromatic nitrogens is 1. The van der Waals surface area contributed by atoms with Crippen molar-refractivity contribution in [3.63, 3.8) is 0 Å². The molecule has 72 valence electrons. The van der Waals surface area contributed by atoms with Gasteiger partial charge in [-0.15, -0.1) is 0 Å². The first-order chi connectivity index (χ1) is 6.77. The molecule has 0 unspecified atom stereocenters. The first-order valence-electron chi connectivity index (χ1n) is 4.14. The Balaban J connectivity index is 2.23. The van der Waals surface area contributed by atoms with Crippen LogP contribution in [0.1, 0.15) is 10.4 Å². The summed E-state index contributed by atoms with van der Waals surface area (Å²) in [4.78, 5) is 1.05. The van der Waals surface area contributed by atoms with Crippen LogP contribution in [0.15, 0.2) is 34.8 Å². The van der Waals surface area contributed by atoms with Crippen LogP contribution in [-0.4, -0.2) is 9.48 Å². The van der Waals surface area contributed by atoms with Crippen LogP contribution in [0.5, 0.6) is 5.88 Å². The smallest absolute Gasteiger partial charge is 0.237 e. The van der Waals surface area contributed by atoms with Gasteiger partial charge in [-0.2, -0.15) is 4.37 Å². The molecular formula is C10H8BrNOS. The van der Waals surface area contributed by atoms with Crippen LogP contribution >= 0.6 is 27.5 Å². The summed E-state index contributed by atoms with van der Waals surface area (Å²) in [6, 6.07) is 10.1. The topological polar surface area (TPSA) is 33.1 Å². The second-order valence-corrected chi connectivity index (χ2v) is 4.56. The van der Waals surface area contributed by atoms with E-state index in [2.05, 4.69) is 32.4 Å². The highest BCUT2D eigenvalue weighted by Gasteiger charge is 2.09. The van der Waals surface area contributed by atoms with E-state index in [0.717, 1.165) is 11.3 Å². The molecular weight excluding hydrogens is 262 g/mol. The lowest BCUT2D eigenvalue weighted by atomic mass is 10.1. The van der Waals surface area contributed by atoms with Gasteiger partial charge in [0, 0.05) is 11.3 Å². The molecule has 1 heterocycles. The van der Waals surface area contributed by atoms with Crippen LogP contribution in [-0.2, 0) is 6.42 Å². The number of benzene rings is 1. The third-order valence-corrected chi connectivity index (χ3v) is 3.82. The van der Waals surface area contributed by atoms with Crippen LogP contribution in [0.3, 0.4) is 0 Å². The highest BCUT2D eigenvalue weighted by atomic mass is 79.9. The molecule has 14 heavy (non-hydrogen) atoms. The third kappa shape index (κ3) is 1.96. The number of aromatic hydroxyl groups is 1. The van der Waals surface area contributed by atoms with Crippen molar-refractivity contribution in [2.45, 2.75) is 6.42 Å². The van der Waals surface area contributed by atoms with Gasteiger partial charge in [-0.05, 0) is 33.0 Å². The zero-order chi connectivity index (χ0) is 9.97. The number of hydrogen-bond acceptors (Lipinski definition) is 3. The first-order valence-corrected chi connectivity index (χ1v) is 5.71. The molecule has 0 radical (unpaired) electrons. The van der Waals surface area contributed by atoms with Gasteiger partial charge in [-0.3, -0.25) is 0 Å². The average Bonchev–Trinajstić information content (AvgIpc) is 2.52. The Bertz CT molecular complexity index is 427. The zero-order valence-electron chi connectivity index (χ0n) is 7.27. The van der Waals surface area contributed by atoms with Gasteiger partial charge in [0.1, 0.15) is 0 Å². The molecule has 0 amide bonds. The van der Waals surface area contributed by atoms with Gasteiger partial charge in [-0.25, -0.2) is 0 Å². The van der Waals surface area contributed by atoms with Crippen LogP contribution in [0, 0.1) is 0 Å². The van der Waals surface area contributed by atoms with Gasteiger partial charge in [0.25, 0.3) is 0 Å². The van der Waals surface area contributed by atoms with E-state index in [1.807, 2.05) is 18.2 Å². The molecule has 2 nitrogen and oxygen atoms in total. The molecule has 2 rings (SSSR count). The van der Waals surface area contributed by atoms with Gasteiger partial charge in [-0.1, -0.05) is 30.3 Å². The summed E-state index contributed by atoms with van der Waals surface area (Å²) >= 11 is 4.63. The summed E-state index contributed by atoms with van der Waals surface area (Å²) in [6.07, 6.45) is 0.805. The quantitative estimate of drug-likeness (QED) is 0.909. The average molecular weight is 270 g/mol. The molecule has 0 saturated carbocycles. The fourth-order valence-corrected chi connectivity index (χ4v) is 2.45. The van der Waals surface area contributed by atoms with Crippen molar-refractivity contribution < 1.29 is 5.11 Å². The Morgan fingerprint density at radius 2 is 2.00 bits per heavy atom. The molecule has 0 spiro atoms. The predicted molar refractivity (Wildman–Crippen MR) is 60.7 cm³/mol. The highest BCUT2D eigenvalue weighted by molar-refractivity contribution is 9.10. The molecule has 0 aliphatic rings. The fourth-order valence-electron chi connectivity index (χ4n) is 1.19. The van der Waals surface area contributed by atoms with Crippen molar-refractivity contribution in [1.82, 2.24) is 4.37 Å². The van der Waals surface area contributed by atoms with E-state index in [1.165, 1.54) is 17.1 Å². The van der Waals surface area contributed by atoms with Crippen LogP contribution in [0.4, 0.5) is 0 Å². The minimum atomic E-state index is 0.0842. The lowest BCUT2D eigenvalue weighted by Crippen LogP contribution is -1.83. The lowest BCUT2D eigenvalue weighted by Gasteiger charge is -1.97. The number of halogens is 1. The maximum atomic E-state index is 9.27. The SMILES string of the molecule is Oc1nsc(Cc2ccccc2)c1Br. The molecule has 0 fully saturated rings. The summed E-state index contributed by atoms with van der Waals surface area (Å²) in [5, 5.41) is 9.27. The molecule has 0 aliphatic heterocycles. The van der Waals surface area contributed by atoms with Crippen molar-refractivity contribution in [3.05, 3.63) is 45.2 Å². The lowest BCUT2D eigenvalue weighted by molar-refractivity contribution is 0.456. The van der Waals surface area contributed by atoms with Crippen LogP contribution in [0.2, 0.25) is 0 Å². The van der Waals surface area contributed by atoms with Gasteiger partial charge in [0.05, 0.1) is 4.47 Å². The molecule has 2 aromatic rings. The van der Waals surface area contributed by atoms with E-state index < -0.39 is 0 Å². The van der Waals surface area contributed by atoms with Crippen molar-refractivity contribution in [2.24, 2.45) is 0 Å². The van der Waals surface area contributed by atoms with Gasteiger partial charge in [0.15, 0.2) is 0 Å². The zero-order valence-corrected chi connectivity index (χ0v) is 9.68. The molecule has 0 aliphatic carbocycles. The summed E-state index contributed by atoms with van der Waals surface area (Å²) < 4.78 is 4.58. The molecule has 1 aromatic heterocycles. The minimum absolute atomic E-state index is 0.0842. The van der Waals surface area contributed by atoms with Crippen LogP contribution in [0.25, 0.3) is 0 Å². The van der Waals surface area contributed by atoms with E-state index >= 15 is 0 Å². The van der Waals surface area contributed by atoms with E-state index in [-0.39, 0.29) is 5.88 Å². The Hall–Kier alpha value is -0.870. The van der Waals surface area contributed by atoms with Crippen molar-refractivity contribution >= 4 is 27.5 Å². The summed E-state index contributed by atoms with van der Waals surface area (Å²) in [5.74, 6) is 0.0842. The molecule has 0 atom stereocenters. The van der Waals surface area contributed by atoms with Gasteiger partial charge >= 0.3 is 0 Å². The summed E-state index contributed by atoms with van der Waals surface area (Å²) in [6.45, 7) is 0. The van der Waals surface area contributed by atoms with E-state index in [1.54, 1.807) is 0 Å². The van der Waals surface area contributed by atoms with Crippen molar-refractivity contribution in [1.29, 1.82) is 0 Å². The second kappa shape index (κ2) is 4.11. The maximum absolute atomic E-state index is 9.27. The normalized spacial score (nSPS) is 10.4. The van der Waals surface area contributed by atoms with E-state index in [9.17, 15) is 5.11 Å². The maximum Gasteiger partial charge on any atom is 0.237 e. The predicted octanol–water partition coefficient (Wildman–Crippen LogP) is 3.20. The van der Waals surface area contributed by atoms with E-state index in [0.29, 0.717) is 4.47 Å². The highest BCUT2D eigenvalue weighted by Crippen LogP contribution is 2.31. The summed E-state index contributed by atoms with van der Waals surface area (Å²) in [5.41, 5.74) is 1.22. The van der Waals surface area contributed by atoms with Crippen molar-refractivity contribution in [2.75, 3.05) is 0 Å². The largest absolute Gasteiger partial charge is 0.492 e. The van der Waals surface area contributed by atoms with Crippen molar-refractivity contribution in [3.8, 4) is 5.88 Å². The van der Waals surface area contributed by atoms with Gasteiger partial charge < -0.3 is 5.11 Å². The standard InChI is InChI=1S/C10H8BrNOS/c11-9-8(14-12-10(9)13)6-7-4-2-1-3-5-7/h1-5H,6H2,(H,12,13). The molecule has 4 heteroatoms. The van der Waals surface area contributed by atoms with E-state index in [4.69, 9.17) is 0 Å². The molecule has 1 aromatic carbocycles. The fraction of sp³-hybridized carbons (Fsp3) is 0.100. The monoisotopic (exact) mass is 269 g/mol. The first kappa shape index (κ1) is 9.68. The molecule has 1 N–H and O–H groups in total. The Morgan fingerprint density at radius 1 is 1.29 bits per heavy atom. The third-order valence-electron chi connectivity index (χ3n) is 1.89. The van der Waals surface area contributed by atoms with Gasteiger partial charge in [0.2, 0.25) is 5.88 Å². The van der Waals surface area contributed by atoms with Crippen LogP contribution < -0.4 is 0 Å². The number of nitrogens with zero attached hydrogens (tertiary/aromatic N) is 1. The molecule has 0 saturated heterocycles. The number of rotatable bonds is 2. The Labute approximate surface area is 94.5 Å². The Morgan fingerprint density at radius 3 is 2.57 bits per heavy atom. The minimum Gasteiger partial charge on any atom is -0.492 e. The Kier molecular flexibility index (Phi) is 2.84. The summed E-state index contributed by atoms with van der Waals surface area (Å²) in [7, 11) is 0.